The van der Waals surface area contributed by atoms with Gasteiger partial charge in [-0.1, -0.05) is 0 Å². The predicted octanol–water partition coefficient (Wildman–Crippen LogP) is 2.17. The van der Waals surface area contributed by atoms with Crippen LogP contribution in [0.15, 0.2) is 52.2 Å². The molecule has 3 rings (SSSR count). The number of amides is 2. The first-order valence-electron chi connectivity index (χ1n) is 9.14. The molecule has 1 aromatic heterocycles. The molecule has 1 aromatic carbocycles. The maximum absolute atomic E-state index is 12.9. The van der Waals surface area contributed by atoms with Gasteiger partial charge in [0.05, 0.1) is 30.4 Å². The monoisotopic (exact) mass is 421 g/mol. The summed E-state index contributed by atoms with van der Waals surface area (Å²) in [7, 11) is -2.44. The van der Waals surface area contributed by atoms with Gasteiger partial charge in [-0.15, -0.1) is 0 Å². The SMILES string of the molecule is COC(=O)C1CCCN(S(=O)(=O)c2ccc(NC(=O)NCc3ccoc3)cc2)C1. The second-order valence-electron chi connectivity index (χ2n) is 6.69. The van der Waals surface area contributed by atoms with Gasteiger partial charge in [0.1, 0.15) is 0 Å². The topological polar surface area (TPSA) is 118 Å². The lowest BCUT2D eigenvalue weighted by Gasteiger charge is -2.30. The van der Waals surface area contributed by atoms with Gasteiger partial charge in [-0.3, -0.25) is 4.79 Å². The number of furan rings is 1. The zero-order valence-corrected chi connectivity index (χ0v) is 16.8. The molecule has 156 valence electrons. The third-order valence-corrected chi connectivity index (χ3v) is 6.58. The minimum atomic E-state index is -3.73. The van der Waals surface area contributed by atoms with Crippen LogP contribution >= 0.6 is 0 Å². The average molecular weight is 421 g/mol. The molecule has 2 heterocycles. The number of hydrogen-bond acceptors (Lipinski definition) is 6. The van der Waals surface area contributed by atoms with E-state index in [1.54, 1.807) is 6.07 Å². The summed E-state index contributed by atoms with van der Waals surface area (Å²) in [5, 5.41) is 5.31. The van der Waals surface area contributed by atoms with E-state index in [1.165, 1.54) is 48.2 Å². The lowest BCUT2D eigenvalue weighted by atomic mass is 10.0. The number of sulfonamides is 1. The minimum Gasteiger partial charge on any atom is -0.472 e. The van der Waals surface area contributed by atoms with Gasteiger partial charge in [0.15, 0.2) is 0 Å². The smallest absolute Gasteiger partial charge is 0.319 e. The van der Waals surface area contributed by atoms with Crippen LogP contribution in [-0.4, -0.2) is 44.9 Å². The van der Waals surface area contributed by atoms with Crippen LogP contribution in [0.1, 0.15) is 18.4 Å². The lowest BCUT2D eigenvalue weighted by molar-refractivity contribution is -0.146. The minimum absolute atomic E-state index is 0.103. The molecule has 2 amide bonds. The van der Waals surface area contributed by atoms with E-state index in [4.69, 9.17) is 9.15 Å². The molecule has 1 atom stereocenters. The number of nitrogens with one attached hydrogen (secondary N) is 2. The van der Waals surface area contributed by atoms with Crippen molar-refractivity contribution in [3.8, 4) is 0 Å². The Labute approximate surface area is 169 Å². The van der Waals surface area contributed by atoms with Crippen LogP contribution < -0.4 is 10.6 Å². The van der Waals surface area contributed by atoms with Crippen molar-refractivity contribution in [2.45, 2.75) is 24.3 Å². The Morgan fingerprint density at radius 1 is 1.24 bits per heavy atom. The number of anilines is 1. The van der Waals surface area contributed by atoms with Crippen LogP contribution in [0, 0.1) is 5.92 Å². The molecule has 29 heavy (non-hydrogen) atoms. The maximum atomic E-state index is 12.9. The zero-order valence-electron chi connectivity index (χ0n) is 16.0. The van der Waals surface area contributed by atoms with Crippen LogP contribution in [0.5, 0.6) is 0 Å². The maximum Gasteiger partial charge on any atom is 0.319 e. The van der Waals surface area contributed by atoms with Crippen molar-refractivity contribution in [2.24, 2.45) is 5.92 Å². The lowest BCUT2D eigenvalue weighted by Crippen LogP contribution is -2.42. The van der Waals surface area contributed by atoms with Crippen molar-refractivity contribution in [2.75, 3.05) is 25.5 Å². The fourth-order valence-corrected chi connectivity index (χ4v) is 4.65. The second kappa shape index (κ2) is 9.10. The highest BCUT2D eigenvalue weighted by atomic mass is 32.2. The molecule has 9 nitrogen and oxygen atoms in total. The highest BCUT2D eigenvalue weighted by molar-refractivity contribution is 7.89. The number of hydrogen-bond donors (Lipinski definition) is 2. The third kappa shape index (κ3) is 5.15. The summed E-state index contributed by atoms with van der Waals surface area (Å²) >= 11 is 0. The van der Waals surface area contributed by atoms with Gasteiger partial charge in [0.25, 0.3) is 0 Å². The number of esters is 1. The summed E-state index contributed by atoms with van der Waals surface area (Å²) in [5.41, 5.74) is 1.29. The molecule has 1 aliphatic heterocycles. The van der Waals surface area contributed by atoms with Crippen molar-refractivity contribution < 1.29 is 27.2 Å². The molecule has 2 N–H and O–H groups in total. The van der Waals surface area contributed by atoms with Crippen LogP contribution in [0.3, 0.4) is 0 Å². The Kier molecular flexibility index (Phi) is 6.55. The molecule has 1 fully saturated rings. The van der Waals surface area contributed by atoms with Crippen molar-refractivity contribution in [1.29, 1.82) is 0 Å². The average Bonchev–Trinajstić information content (AvgIpc) is 3.26. The molecule has 0 aliphatic carbocycles. The Hall–Kier alpha value is -2.85. The summed E-state index contributed by atoms with van der Waals surface area (Å²) in [4.78, 5) is 23.8. The van der Waals surface area contributed by atoms with Crippen molar-refractivity contribution >= 4 is 27.7 Å². The van der Waals surface area contributed by atoms with E-state index >= 15 is 0 Å². The number of carbonyl (C=O) groups is 2. The van der Waals surface area contributed by atoms with Crippen molar-refractivity contribution in [3.63, 3.8) is 0 Å². The van der Waals surface area contributed by atoms with E-state index in [0.717, 1.165) is 5.56 Å². The van der Waals surface area contributed by atoms with Gasteiger partial charge in [-0.25, -0.2) is 13.2 Å². The third-order valence-electron chi connectivity index (χ3n) is 4.70. The molecular weight excluding hydrogens is 398 g/mol. The number of methoxy groups -OCH3 is 1. The Balaban J connectivity index is 1.61. The largest absolute Gasteiger partial charge is 0.472 e. The van der Waals surface area contributed by atoms with E-state index in [0.29, 0.717) is 31.6 Å². The predicted molar refractivity (Wildman–Crippen MR) is 105 cm³/mol. The quantitative estimate of drug-likeness (QED) is 0.690. The molecule has 1 saturated heterocycles. The van der Waals surface area contributed by atoms with Crippen molar-refractivity contribution in [1.82, 2.24) is 9.62 Å². The highest BCUT2D eigenvalue weighted by Crippen LogP contribution is 2.25. The Bertz CT molecular complexity index is 941. The summed E-state index contributed by atoms with van der Waals surface area (Å²) < 4.78 is 36.7. The molecule has 1 unspecified atom stereocenters. The summed E-state index contributed by atoms with van der Waals surface area (Å²) in [5.74, 6) is -0.853. The molecule has 0 spiro atoms. The van der Waals surface area contributed by atoms with Gasteiger partial charge in [0.2, 0.25) is 10.0 Å². The standard InChI is InChI=1S/C19H23N3O6S/c1-27-18(23)15-3-2-9-22(12-15)29(25,26)17-6-4-16(5-7-17)21-19(24)20-11-14-8-10-28-13-14/h4-8,10,13,15H,2-3,9,11-12H2,1H3,(H2,20,21,24). The van der Waals surface area contributed by atoms with Crippen LogP contribution in [-0.2, 0) is 26.1 Å². The van der Waals surface area contributed by atoms with E-state index < -0.39 is 27.9 Å². The molecule has 0 saturated carbocycles. The molecule has 10 heteroatoms. The number of carbonyl (C=O) groups excluding carboxylic acids is 2. The van der Waals surface area contributed by atoms with E-state index in [-0.39, 0.29) is 11.4 Å². The highest BCUT2D eigenvalue weighted by Gasteiger charge is 2.33. The Morgan fingerprint density at radius 2 is 2.00 bits per heavy atom. The van der Waals surface area contributed by atoms with Crippen LogP contribution in [0.4, 0.5) is 10.5 Å². The zero-order chi connectivity index (χ0) is 20.9. The molecule has 0 bridgehead atoms. The van der Waals surface area contributed by atoms with E-state index in [2.05, 4.69) is 10.6 Å². The summed E-state index contributed by atoms with van der Waals surface area (Å²) in [6, 6.07) is 7.23. The fraction of sp³-hybridized carbons (Fsp3) is 0.368. The summed E-state index contributed by atoms with van der Waals surface area (Å²) in [6.07, 6.45) is 4.25. The number of nitrogens with zero attached hydrogens (tertiary/aromatic N) is 1. The Morgan fingerprint density at radius 3 is 2.66 bits per heavy atom. The summed E-state index contributed by atoms with van der Waals surface area (Å²) in [6.45, 7) is 0.767. The normalized spacial score (nSPS) is 17.5. The van der Waals surface area contributed by atoms with Gasteiger partial charge in [-0.05, 0) is 43.2 Å². The van der Waals surface area contributed by atoms with Gasteiger partial charge >= 0.3 is 12.0 Å². The molecule has 2 aromatic rings. The van der Waals surface area contributed by atoms with E-state index in [9.17, 15) is 18.0 Å². The first-order valence-corrected chi connectivity index (χ1v) is 10.6. The number of ether oxygens (including phenoxy) is 1. The second-order valence-corrected chi connectivity index (χ2v) is 8.63. The first kappa shape index (κ1) is 20.9. The number of rotatable bonds is 6. The molecular formula is C19H23N3O6S. The van der Waals surface area contributed by atoms with Gasteiger partial charge < -0.3 is 19.8 Å². The first-order chi connectivity index (χ1) is 13.9. The van der Waals surface area contributed by atoms with Gasteiger partial charge in [0, 0.05) is 30.9 Å². The van der Waals surface area contributed by atoms with E-state index in [1.807, 2.05) is 0 Å². The van der Waals surface area contributed by atoms with Crippen molar-refractivity contribution in [3.05, 3.63) is 48.4 Å². The number of piperidine rings is 1. The number of urea groups is 1. The van der Waals surface area contributed by atoms with Crippen LogP contribution in [0.2, 0.25) is 0 Å². The molecule has 1 aliphatic rings. The number of benzene rings is 1. The fourth-order valence-electron chi connectivity index (χ4n) is 3.13. The van der Waals surface area contributed by atoms with Crippen LogP contribution in [0.25, 0.3) is 0 Å². The van der Waals surface area contributed by atoms with Gasteiger partial charge in [-0.2, -0.15) is 4.31 Å². The molecule has 0 radical (unpaired) electrons.